The van der Waals surface area contributed by atoms with Crippen molar-refractivity contribution in [3.05, 3.63) is 76.4 Å². The summed E-state index contributed by atoms with van der Waals surface area (Å²) in [6, 6.07) is 20.4. The Hall–Kier alpha value is -2.84. The van der Waals surface area contributed by atoms with Gasteiger partial charge in [-0.2, -0.15) is 10.5 Å². The quantitative estimate of drug-likeness (QED) is 0.700. The Morgan fingerprint density at radius 3 is 1.70 bits per heavy atom. The third kappa shape index (κ3) is 6.20. The van der Waals surface area contributed by atoms with E-state index in [4.69, 9.17) is 10.5 Å². The van der Waals surface area contributed by atoms with Crippen LogP contribution in [0.15, 0.2) is 54.1 Å². The molecule has 0 fully saturated rings. The number of hydrogen-bond donors (Lipinski definition) is 0. The van der Waals surface area contributed by atoms with Crippen LogP contribution in [-0.4, -0.2) is 0 Å². The van der Waals surface area contributed by atoms with E-state index in [0.717, 1.165) is 22.3 Å². The minimum atomic E-state index is 0.514. The van der Waals surface area contributed by atoms with Crippen molar-refractivity contribution in [2.75, 3.05) is 0 Å². The van der Waals surface area contributed by atoms with Crippen molar-refractivity contribution in [3.63, 3.8) is 0 Å². The molecule has 0 aromatic heterocycles. The smallest absolute Gasteiger partial charge is 0.0997 e. The molecule has 0 radical (unpaired) electrons. The van der Waals surface area contributed by atoms with E-state index in [0.29, 0.717) is 6.42 Å². The summed E-state index contributed by atoms with van der Waals surface area (Å²) in [5.74, 6) is 0. The molecular weight excluding hydrogens is 280 g/mol. The van der Waals surface area contributed by atoms with E-state index in [1.54, 1.807) is 0 Å². The van der Waals surface area contributed by atoms with Crippen molar-refractivity contribution >= 4 is 5.57 Å². The third-order valence-electron chi connectivity index (χ3n) is 3.36. The van der Waals surface area contributed by atoms with Gasteiger partial charge in [0, 0.05) is 0 Å². The second-order valence-electron chi connectivity index (χ2n) is 5.67. The molecule has 0 unspecified atom stereocenters. The maximum atomic E-state index is 8.91. The lowest BCUT2D eigenvalue weighted by Gasteiger charge is -2.01. The average molecular weight is 302 g/mol. The molecule has 0 aliphatic heterocycles. The Kier molecular flexibility index (Phi) is 7.31. The van der Waals surface area contributed by atoms with Crippen molar-refractivity contribution < 1.29 is 0 Å². The predicted molar refractivity (Wildman–Crippen MR) is 95.6 cm³/mol. The molecule has 0 amide bonds. The van der Waals surface area contributed by atoms with Gasteiger partial charge in [-0.15, -0.1) is 0 Å². The summed E-state index contributed by atoms with van der Waals surface area (Å²) in [6.45, 7) is 7.99. The van der Waals surface area contributed by atoms with Crippen molar-refractivity contribution in [2.24, 2.45) is 0 Å². The Morgan fingerprint density at radius 2 is 1.30 bits per heavy atom. The van der Waals surface area contributed by atoms with Crippen LogP contribution in [0, 0.1) is 36.5 Å². The minimum Gasteiger partial charge on any atom is -0.198 e. The number of aryl methyl sites for hydroxylation is 2. The highest BCUT2D eigenvalue weighted by Gasteiger charge is 2.00. The highest BCUT2D eigenvalue weighted by atomic mass is 14.3. The van der Waals surface area contributed by atoms with Gasteiger partial charge in [0.15, 0.2) is 0 Å². The van der Waals surface area contributed by atoms with Gasteiger partial charge in [0.25, 0.3) is 0 Å². The van der Waals surface area contributed by atoms with Crippen LogP contribution in [0.1, 0.15) is 36.1 Å². The second kappa shape index (κ2) is 9.23. The minimum absolute atomic E-state index is 0.514. The first kappa shape index (κ1) is 18.2. The molecule has 2 aromatic carbocycles. The topological polar surface area (TPSA) is 47.6 Å². The summed E-state index contributed by atoms with van der Waals surface area (Å²) in [5.41, 5.74) is 6.39. The van der Waals surface area contributed by atoms with Gasteiger partial charge in [0.2, 0.25) is 0 Å². The molecule has 23 heavy (non-hydrogen) atoms. The maximum Gasteiger partial charge on any atom is 0.0997 e. The van der Waals surface area contributed by atoms with Crippen molar-refractivity contribution in [1.82, 2.24) is 0 Å². The molecule has 2 nitrogen and oxygen atoms in total. The van der Waals surface area contributed by atoms with Crippen LogP contribution in [0.25, 0.3) is 5.57 Å². The summed E-state index contributed by atoms with van der Waals surface area (Å²) >= 11 is 0. The van der Waals surface area contributed by atoms with Crippen LogP contribution >= 0.6 is 0 Å². The summed E-state index contributed by atoms with van der Waals surface area (Å²) in [7, 11) is 0. The fraction of sp³-hybridized carbons (Fsp3) is 0.238. The molecule has 2 rings (SSSR count). The number of allylic oxidation sites excluding steroid dienone is 2. The first-order chi connectivity index (χ1) is 11.0. The monoisotopic (exact) mass is 302 g/mol. The standard InChI is InChI=1S/C12H13N.C9H9N/c1-9(2)12(8-13)11-6-4-10(3)5-7-11;1-8-2-4-9(5-3-8)6-7-10/h4-7H,1-3H3;2-5H,6H2,1H3. The van der Waals surface area contributed by atoms with Gasteiger partial charge < -0.3 is 0 Å². The van der Waals surface area contributed by atoms with Gasteiger partial charge in [0.05, 0.1) is 24.1 Å². The van der Waals surface area contributed by atoms with Crippen LogP contribution < -0.4 is 0 Å². The van der Waals surface area contributed by atoms with Gasteiger partial charge in [-0.25, -0.2) is 0 Å². The largest absolute Gasteiger partial charge is 0.198 e. The van der Waals surface area contributed by atoms with E-state index in [2.05, 4.69) is 12.1 Å². The fourth-order valence-corrected chi connectivity index (χ4v) is 1.98. The second-order valence-corrected chi connectivity index (χ2v) is 5.67. The van der Waals surface area contributed by atoms with E-state index in [9.17, 15) is 0 Å². The zero-order chi connectivity index (χ0) is 17.2. The molecule has 2 aromatic rings. The Bertz CT molecular complexity index is 732. The van der Waals surface area contributed by atoms with Crippen LogP contribution in [-0.2, 0) is 6.42 Å². The number of nitrogens with zero attached hydrogens (tertiary/aromatic N) is 2. The van der Waals surface area contributed by atoms with Gasteiger partial charge in [0.1, 0.15) is 0 Å². The molecule has 0 aliphatic rings. The lowest BCUT2D eigenvalue weighted by molar-refractivity contribution is 1.25. The number of nitriles is 2. The molecule has 0 saturated heterocycles. The molecule has 0 spiro atoms. The molecule has 0 N–H and O–H groups in total. The van der Waals surface area contributed by atoms with E-state index in [-0.39, 0.29) is 0 Å². The molecule has 0 atom stereocenters. The first-order valence-corrected chi connectivity index (χ1v) is 7.55. The maximum absolute atomic E-state index is 8.91. The molecule has 0 aliphatic carbocycles. The van der Waals surface area contributed by atoms with Gasteiger partial charge >= 0.3 is 0 Å². The third-order valence-corrected chi connectivity index (χ3v) is 3.36. The Labute approximate surface area is 139 Å². The van der Waals surface area contributed by atoms with Crippen LogP contribution in [0.2, 0.25) is 0 Å². The van der Waals surface area contributed by atoms with Crippen LogP contribution in [0.4, 0.5) is 0 Å². The molecular formula is C21H22N2. The predicted octanol–water partition coefficient (Wildman–Crippen LogP) is 5.37. The summed E-state index contributed by atoms with van der Waals surface area (Å²) < 4.78 is 0. The summed E-state index contributed by atoms with van der Waals surface area (Å²) in [6.07, 6.45) is 0.514. The zero-order valence-electron chi connectivity index (χ0n) is 14.2. The summed E-state index contributed by atoms with van der Waals surface area (Å²) in [4.78, 5) is 0. The highest BCUT2D eigenvalue weighted by molar-refractivity contribution is 5.78. The van der Waals surface area contributed by atoms with Gasteiger partial charge in [-0.1, -0.05) is 65.2 Å². The highest BCUT2D eigenvalue weighted by Crippen LogP contribution is 2.17. The molecule has 116 valence electrons. The normalized spacial score (nSPS) is 8.96. The van der Waals surface area contributed by atoms with Gasteiger partial charge in [-0.3, -0.25) is 0 Å². The number of hydrogen-bond acceptors (Lipinski definition) is 2. The lowest BCUT2D eigenvalue weighted by atomic mass is 10.0. The summed E-state index contributed by atoms with van der Waals surface area (Å²) in [5, 5.41) is 17.3. The Balaban J connectivity index is 0.000000238. The molecule has 0 bridgehead atoms. The van der Waals surface area contributed by atoms with E-state index >= 15 is 0 Å². The lowest BCUT2D eigenvalue weighted by Crippen LogP contribution is -1.84. The van der Waals surface area contributed by atoms with Crippen LogP contribution in [0.5, 0.6) is 0 Å². The van der Waals surface area contributed by atoms with Crippen molar-refractivity contribution in [2.45, 2.75) is 34.1 Å². The number of benzene rings is 2. The SMILES string of the molecule is CC(C)=C(C#N)c1ccc(C)cc1.Cc1ccc(CC#N)cc1. The average Bonchev–Trinajstić information content (AvgIpc) is 2.53. The molecule has 2 heteroatoms. The van der Waals surface area contributed by atoms with Crippen molar-refractivity contribution in [3.8, 4) is 12.1 Å². The van der Waals surface area contributed by atoms with E-state index in [1.807, 2.05) is 76.2 Å². The number of rotatable bonds is 2. The van der Waals surface area contributed by atoms with E-state index in [1.165, 1.54) is 11.1 Å². The van der Waals surface area contributed by atoms with Crippen molar-refractivity contribution in [1.29, 1.82) is 10.5 Å². The zero-order valence-corrected chi connectivity index (χ0v) is 14.2. The Morgan fingerprint density at radius 1 is 0.826 bits per heavy atom. The fourth-order valence-electron chi connectivity index (χ4n) is 1.98. The van der Waals surface area contributed by atoms with Gasteiger partial charge in [-0.05, 0) is 38.8 Å². The molecule has 0 saturated carbocycles. The molecule has 0 heterocycles. The first-order valence-electron chi connectivity index (χ1n) is 7.55. The van der Waals surface area contributed by atoms with E-state index < -0.39 is 0 Å². The van der Waals surface area contributed by atoms with Crippen LogP contribution in [0.3, 0.4) is 0 Å².